The van der Waals surface area contributed by atoms with Crippen molar-refractivity contribution in [3.63, 3.8) is 0 Å². The quantitative estimate of drug-likeness (QED) is 0.646. The Morgan fingerprint density at radius 1 is 1.33 bits per heavy atom. The number of carboxylic acids is 1. The Balaban J connectivity index is 2.82. The van der Waals surface area contributed by atoms with Crippen LogP contribution in [0.25, 0.3) is 11.0 Å². The van der Waals surface area contributed by atoms with Crippen molar-refractivity contribution in [3.8, 4) is 0 Å². The minimum absolute atomic E-state index is 0.344. The van der Waals surface area contributed by atoms with Crippen LogP contribution in [-0.4, -0.2) is 11.1 Å². The van der Waals surface area contributed by atoms with Crippen LogP contribution >= 0.6 is 22.6 Å². The van der Waals surface area contributed by atoms with E-state index in [0.29, 0.717) is 11.0 Å². The molecule has 0 aliphatic rings. The molecule has 1 aromatic carbocycles. The summed E-state index contributed by atoms with van der Waals surface area (Å²) in [4.78, 5) is 21.9. The Hall–Kier alpha value is -1.37. The third-order valence-electron chi connectivity index (χ3n) is 1.93. The molecule has 1 aromatic heterocycles. The van der Waals surface area contributed by atoms with E-state index >= 15 is 0 Å². The largest absolute Gasteiger partial charge is 0.477 e. The maximum Gasteiger partial charge on any atom is 0.351 e. The molecule has 0 saturated heterocycles. The molecule has 0 atom stereocenters. The molecule has 0 radical (unpaired) electrons. The van der Waals surface area contributed by atoms with Crippen LogP contribution in [0.1, 0.15) is 10.4 Å². The van der Waals surface area contributed by atoms with Crippen molar-refractivity contribution in [3.05, 3.63) is 43.8 Å². The molecule has 0 amide bonds. The summed E-state index contributed by atoms with van der Waals surface area (Å²) in [5, 5.41) is 9.32. The highest BCUT2D eigenvalue weighted by molar-refractivity contribution is 14.1. The van der Waals surface area contributed by atoms with E-state index < -0.39 is 11.6 Å². The second-order valence-electron chi connectivity index (χ2n) is 2.93. The molecular weight excluding hydrogens is 311 g/mol. The highest BCUT2D eigenvalue weighted by Gasteiger charge is 2.11. The van der Waals surface area contributed by atoms with Gasteiger partial charge in [-0.1, -0.05) is 6.07 Å². The van der Waals surface area contributed by atoms with Crippen molar-refractivity contribution in [2.45, 2.75) is 0 Å². The van der Waals surface area contributed by atoms with Gasteiger partial charge in [0, 0.05) is 8.96 Å². The summed E-state index contributed by atoms with van der Waals surface area (Å²) in [7, 11) is 0. The standard InChI is InChI=1S/C10H5IO4/c11-6-2-1-5-3-7(9(12)13)10(14)15-8(5)4-6/h1-4H,(H,12,13). The third-order valence-corrected chi connectivity index (χ3v) is 2.60. The zero-order valence-electron chi connectivity index (χ0n) is 7.36. The molecule has 76 valence electrons. The lowest BCUT2D eigenvalue weighted by Crippen LogP contribution is -2.12. The predicted molar refractivity (Wildman–Crippen MR) is 62.2 cm³/mol. The first kappa shape index (κ1) is 10.2. The van der Waals surface area contributed by atoms with Gasteiger partial charge in [0.05, 0.1) is 0 Å². The maximum absolute atomic E-state index is 11.2. The number of halogens is 1. The Morgan fingerprint density at radius 2 is 2.07 bits per heavy atom. The van der Waals surface area contributed by atoms with E-state index in [0.717, 1.165) is 3.57 Å². The van der Waals surface area contributed by atoms with E-state index in [4.69, 9.17) is 9.52 Å². The van der Waals surface area contributed by atoms with Crippen molar-refractivity contribution < 1.29 is 14.3 Å². The lowest BCUT2D eigenvalue weighted by atomic mass is 10.2. The number of carbonyl (C=O) groups is 1. The number of benzene rings is 1. The molecule has 0 spiro atoms. The van der Waals surface area contributed by atoms with Crippen molar-refractivity contribution in [1.82, 2.24) is 0 Å². The summed E-state index contributed by atoms with van der Waals surface area (Å²) >= 11 is 2.08. The van der Waals surface area contributed by atoms with E-state index in [2.05, 4.69) is 22.6 Å². The molecule has 0 aliphatic heterocycles. The highest BCUT2D eigenvalue weighted by atomic mass is 127. The second kappa shape index (κ2) is 3.65. The Kier molecular flexibility index (Phi) is 2.47. The van der Waals surface area contributed by atoms with Gasteiger partial charge in [-0.2, -0.15) is 0 Å². The summed E-state index contributed by atoms with van der Waals surface area (Å²) < 4.78 is 5.82. The smallest absolute Gasteiger partial charge is 0.351 e. The van der Waals surface area contributed by atoms with Crippen LogP contribution in [0.5, 0.6) is 0 Å². The fourth-order valence-corrected chi connectivity index (χ4v) is 1.70. The van der Waals surface area contributed by atoms with E-state index in [1.165, 1.54) is 6.07 Å². The molecule has 0 bridgehead atoms. The van der Waals surface area contributed by atoms with Crippen LogP contribution < -0.4 is 5.63 Å². The van der Waals surface area contributed by atoms with Crippen molar-refractivity contribution >= 4 is 39.5 Å². The molecule has 0 aliphatic carbocycles. The normalized spacial score (nSPS) is 10.5. The van der Waals surface area contributed by atoms with Gasteiger partial charge in [0.15, 0.2) is 0 Å². The first-order valence-electron chi connectivity index (χ1n) is 4.04. The monoisotopic (exact) mass is 316 g/mol. The summed E-state index contributed by atoms with van der Waals surface area (Å²) in [6, 6.07) is 6.53. The average Bonchev–Trinajstić information content (AvgIpc) is 2.15. The minimum atomic E-state index is -1.27. The lowest BCUT2D eigenvalue weighted by Gasteiger charge is -1.98. The maximum atomic E-state index is 11.2. The molecule has 0 unspecified atom stereocenters. The summed E-state index contributed by atoms with van der Waals surface area (Å²) in [5.41, 5.74) is -0.766. The molecular formula is C10H5IO4. The van der Waals surface area contributed by atoms with Gasteiger partial charge in [-0.05, 0) is 40.8 Å². The second-order valence-corrected chi connectivity index (χ2v) is 4.18. The van der Waals surface area contributed by atoms with Crippen LogP contribution in [0.15, 0.2) is 33.5 Å². The Labute approximate surface area is 97.7 Å². The van der Waals surface area contributed by atoms with Crippen molar-refractivity contribution in [1.29, 1.82) is 0 Å². The van der Waals surface area contributed by atoms with Crippen molar-refractivity contribution in [2.75, 3.05) is 0 Å². The zero-order valence-corrected chi connectivity index (χ0v) is 9.52. The van der Waals surface area contributed by atoms with Gasteiger partial charge in [-0.25, -0.2) is 9.59 Å². The zero-order chi connectivity index (χ0) is 11.0. The van der Waals surface area contributed by atoms with Gasteiger partial charge in [0.25, 0.3) is 0 Å². The van der Waals surface area contributed by atoms with Crippen LogP contribution in [0, 0.1) is 3.57 Å². The van der Waals surface area contributed by atoms with E-state index in [-0.39, 0.29) is 5.56 Å². The predicted octanol–water partition coefficient (Wildman–Crippen LogP) is 2.10. The Bertz CT molecular complexity index is 600. The number of aromatic carboxylic acids is 1. The number of hydrogen-bond donors (Lipinski definition) is 1. The molecule has 4 nitrogen and oxygen atoms in total. The molecule has 5 heteroatoms. The molecule has 2 rings (SSSR count). The minimum Gasteiger partial charge on any atom is -0.477 e. The molecule has 0 saturated carbocycles. The first-order valence-corrected chi connectivity index (χ1v) is 5.12. The van der Waals surface area contributed by atoms with Crippen molar-refractivity contribution in [2.24, 2.45) is 0 Å². The Morgan fingerprint density at radius 3 is 2.73 bits per heavy atom. The van der Waals surface area contributed by atoms with Gasteiger partial charge in [0.2, 0.25) is 0 Å². The van der Waals surface area contributed by atoms with Gasteiger partial charge in [-0.15, -0.1) is 0 Å². The van der Waals surface area contributed by atoms with Crippen LogP contribution in [0.4, 0.5) is 0 Å². The van der Waals surface area contributed by atoms with Crippen LogP contribution in [0.3, 0.4) is 0 Å². The number of hydrogen-bond acceptors (Lipinski definition) is 3. The van der Waals surface area contributed by atoms with Gasteiger partial charge < -0.3 is 9.52 Å². The number of fused-ring (bicyclic) bond motifs is 1. The fraction of sp³-hybridized carbons (Fsp3) is 0. The fourth-order valence-electron chi connectivity index (χ4n) is 1.23. The highest BCUT2D eigenvalue weighted by Crippen LogP contribution is 2.16. The number of rotatable bonds is 1. The summed E-state index contributed by atoms with van der Waals surface area (Å²) in [6.07, 6.45) is 0. The average molecular weight is 316 g/mol. The first-order chi connectivity index (χ1) is 7.08. The van der Waals surface area contributed by atoms with Crippen LogP contribution in [-0.2, 0) is 0 Å². The van der Waals surface area contributed by atoms with E-state index in [1.807, 2.05) is 6.07 Å². The third kappa shape index (κ3) is 1.87. The van der Waals surface area contributed by atoms with Crippen LogP contribution in [0.2, 0.25) is 0 Å². The summed E-state index contributed by atoms with van der Waals surface area (Å²) in [5.74, 6) is -1.27. The topological polar surface area (TPSA) is 67.5 Å². The van der Waals surface area contributed by atoms with Gasteiger partial charge >= 0.3 is 11.6 Å². The summed E-state index contributed by atoms with van der Waals surface area (Å²) in [6.45, 7) is 0. The van der Waals surface area contributed by atoms with Gasteiger partial charge in [0.1, 0.15) is 11.1 Å². The molecule has 0 fully saturated rings. The molecule has 1 N–H and O–H groups in total. The van der Waals surface area contributed by atoms with E-state index in [9.17, 15) is 9.59 Å². The molecule has 15 heavy (non-hydrogen) atoms. The number of carboxylic acid groups (broad SMARTS) is 1. The SMILES string of the molecule is O=C(O)c1cc2ccc(I)cc2oc1=O. The lowest BCUT2D eigenvalue weighted by molar-refractivity contribution is 0.0692. The molecule has 1 heterocycles. The molecule has 2 aromatic rings. The van der Waals surface area contributed by atoms with E-state index in [1.54, 1.807) is 12.1 Å². The van der Waals surface area contributed by atoms with Gasteiger partial charge in [-0.3, -0.25) is 0 Å².